The van der Waals surface area contributed by atoms with E-state index in [1.54, 1.807) is 27.8 Å². The molecule has 0 heterocycles. The Morgan fingerprint density at radius 2 is 1.52 bits per heavy atom. The quantitative estimate of drug-likeness (QED) is 0.551. The second-order valence-electron chi connectivity index (χ2n) is 7.40. The molecule has 0 spiro atoms. The predicted octanol–water partition coefficient (Wildman–Crippen LogP) is 3.50. The van der Waals surface area contributed by atoms with Gasteiger partial charge in [-0.1, -0.05) is 6.58 Å². The van der Waals surface area contributed by atoms with Gasteiger partial charge in [-0.2, -0.15) is 0 Å². The molecule has 0 aliphatic carbocycles. The lowest BCUT2D eigenvalue weighted by molar-refractivity contribution is -0.141. The highest BCUT2D eigenvalue weighted by molar-refractivity contribution is 5.70. The van der Waals surface area contributed by atoms with E-state index in [1.807, 2.05) is 20.8 Å². The lowest BCUT2D eigenvalue weighted by Crippen LogP contribution is -2.43. The maximum atomic E-state index is 12.3. The first kappa shape index (κ1) is 21.3. The van der Waals surface area contributed by atoms with Gasteiger partial charge in [0.15, 0.2) is 0 Å². The molecule has 6 nitrogen and oxygen atoms in total. The van der Waals surface area contributed by atoms with Gasteiger partial charge >= 0.3 is 12.1 Å². The fourth-order valence-corrected chi connectivity index (χ4v) is 1.85. The summed E-state index contributed by atoms with van der Waals surface area (Å²) in [5, 5.41) is 0. The van der Waals surface area contributed by atoms with Crippen LogP contribution in [-0.4, -0.2) is 48.4 Å². The maximum Gasteiger partial charge on any atom is 0.410 e. The molecule has 0 aromatic rings. The molecule has 0 saturated heterocycles. The van der Waals surface area contributed by atoms with Crippen molar-refractivity contribution < 1.29 is 23.8 Å². The molecule has 134 valence electrons. The summed E-state index contributed by atoms with van der Waals surface area (Å²) in [6.07, 6.45) is 0.00375. The van der Waals surface area contributed by atoms with Crippen molar-refractivity contribution in [2.24, 2.45) is 0 Å². The van der Waals surface area contributed by atoms with Crippen molar-refractivity contribution in [3.8, 4) is 0 Å². The van der Waals surface area contributed by atoms with E-state index in [4.69, 9.17) is 9.47 Å². The molecular weight excluding hydrogens is 298 g/mol. The summed E-state index contributed by atoms with van der Waals surface area (Å²) in [4.78, 5) is 25.1. The predicted molar refractivity (Wildman–Crippen MR) is 89.0 cm³/mol. The van der Waals surface area contributed by atoms with E-state index in [0.29, 0.717) is 12.2 Å². The van der Waals surface area contributed by atoms with E-state index in [-0.39, 0.29) is 12.4 Å². The zero-order valence-electron chi connectivity index (χ0n) is 15.7. The summed E-state index contributed by atoms with van der Waals surface area (Å²) >= 11 is 0. The van der Waals surface area contributed by atoms with Crippen molar-refractivity contribution in [1.82, 2.24) is 4.90 Å². The topological polar surface area (TPSA) is 65.1 Å². The highest BCUT2D eigenvalue weighted by Gasteiger charge is 2.30. The first-order chi connectivity index (χ1) is 10.3. The molecule has 1 amide bonds. The van der Waals surface area contributed by atoms with Crippen LogP contribution < -0.4 is 0 Å². The SMILES string of the molecule is C=C(OC(C)(C)C)[C@H](CCC(=O)OC)N(C)C(=O)OC(C)(C)C. The van der Waals surface area contributed by atoms with Crippen LogP contribution in [0, 0.1) is 0 Å². The molecule has 0 aliphatic rings. The monoisotopic (exact) mass is 329 g/mol. The number of amides is 1. The van der Waals surface area contributed by atoms with Crippen LogP contribution in [0.15, 0.2) is 12.3 Å². The van der Waals surface area contributed by atoms with Gasteiger partial charge in [0.05, 0.1) is 13.2 Å². The lowest BCUT2D eigenvalue weighted by Gasteiger charge is -2.34. The minimum Gasteiger partial charge on any atom is -0.491 e. The van der Waals surface area contributed by atoms with Crippen LogP contribution in [0.5, 0.6) is 0 Å². The number of hydrogen-bond acceptors (Lipinski definition) is 5. The minimum absolute atomic E-state index is 0.154. The Morgan fingerprint density at radius 1 is 1.04 bits per heavy atom. The molecule has 0 aliphatic heterocycles. The molecule has 0 fully saturated rings. The molecule has 0 saturated carbocycles. The van der Waals surface area contributed by atoms with Crippen molar-refractivity contribution in [2.45, 2.75) is 71.6 Å². The van der Waals surface area contributed by atoms with E-state index in [1.165, 1.54) is 12.0 Å². The van der Waals surface area contributed by atoms with Crippen LogP contribution in [0.2, 0.25) is 0 Å². The molecule has 0 bridgehead atoms. The number of esters is 1. The number of rotatable bonds is 6. The number of likely N-dealkylation sites (N-methyl/N-ethyl adjacent to an activating group) is 1. The highest BCUT2D eigenvalue weighted by atomic mass is 16.6. The number of ether oxygens (including phenoxy) is 3. The average molecular weight is 329 g/mol. The van der Waals surface area contributed by atoms with Crippen LogP contribution in [0.4, 0.5) is 4.79 Å². The molecule has 23 heavy (non-hydrogen) atoms. The molecule has 0 radical (unpaired) electrons. The normalized spacial score (nSPS) is 13.0. The van der Waals surface area contributed by atoms with Gasteiger partial charge in [-0.25, -0.2) is 4.79 Å². The van der Waals surface area contributed by atoms with Gasteiger partial charge in [0.25, 0.3) is 0 Å². The summed E-state index contributed by atoms with van der Waals surface area (Å²) in [6, 6.07) is -0.483. The standard InChI is InChI=1S/C17H31NO5/c1-12(22-16(2,3)4)13(10-11-14(19)21-9)18(8)15(20)23-17(5,6)7/h13H,1,10-11H2,2-9H3/t13-/m0/s1. The molecule has 0 aromatic carbocycles. The fraction of sp³-hybridized carbons (Fsp3) is 0.765. The summed E-state index contributed by atoms with van der Waals surface area (Å²) in [7, 11) is 2.93. The third kappa shape index (κ3) is 9.11. The van der Waals surface area contributed by atoms with Gasteiger partial charge in [0, 0.05) is 13.5 Å². The number of carbonyl (C=O) groups excluding carboxylic acids is 2. The summed E-state index contributed by atoms with van der Waals surface area (Å²) in [5.41, 5.74) is -1.06. The maximum absolute atomic E-state index is 12.3. The van der Waals surface area contributed by atoms with Crippen molar-refractivity contribution in [1.29, 1.82) is 0 Å². The molecular formula is C17H31NO5. The highest BCUT2D eigenvalue weighted by Crippen LogP contribution is 2.23. The van der Waals surface area contributed by atoms with Gasteiger partial charge in [0.1, 0.15) is 17.0 Å². The van der Waals surface area contributed by atoms with Crippen molar-refractivity contribution in [3.05, 3.63) is 12.3 Å². The Kier molecular flexibility index (Phi) is 7.61. The molecule has 0 aromatic heterocycles. The Morgan fingerprint density at radius 3 is 1.91 bits per heavy atom. The summed E-state index contributed by atoms with van der Waals surface area (Å²) in [5.74, 6) is 0.0610. The van der Waals surface area contributed by atoms with E-state index in [2.05, 4.69) is 11.3 Å². The van der Waals surface area contributed by atoms with Crippen LogP contribution >= 0.6 is 0 Å². The second-order valence-corrected chi connectivity index (χ2v) is 7.40. The smallest absolute Gasteiger partial charge is 0.410 e. The minimum atomic E-state index is -0.607. The van der Waals surface area contributed by atoms with Crippen LogP contribution in [0.25, 0.3) is 0 Å². The largest absolute Gasteiger partial charge is 0.491 e. The molecule has 0 N–H and O–H groups in total. The Bertz CT molecular complexity index is 431. The molecule has 0 rings (SSSR count). The summed E-state index contributed by atoms with van der Waals surface area (Å²) in [6.45, 7) is 15.0. The first-order valence-electron chi connectivity index (χ1n) is 7.67. The molecule has 6 heteroatoms. The van der Waals surface area contributed by atoms with E-state index < -0.39 is 23.3 Å². The third-order valence-electron chi connectivity index (χ3n) is 2.81. The van der Waals surface area contributed by atoms with Gasteiger partial charge < -0.3 is 19.1 Å². The van der Waals surface area contributed by atoms with Crippen molar-refractivity contribution >= 4 is 12.1 Å². The van der Waals surface area contributed by atoms with Crippen molar-refractivity contribution in [2.75, 3.05) is 14.2 Å². The zero-order chi connectivity index (χ0) is 18.4. The second kappa shape index (κ2) is 8.22. The Hall–Kier alpha value is -1.72. The third-order valence-corrected chi connectivity index (χ3v) is 2.81. The molecule has 0 unspecified atom stereocenters. The number of nitrogens with zero attached hydrogens (tertiary/aromatic N) is 1. The van der Waals surface area contributed by atoms with Gasteiger partial charge in [-0.15, -0.1) is 0 Å². The number of hydrogen-bond donors (Lipinski definition) is 0. The molecule has 1 atom stereocenters. The lowest BCUT2D eigenvalue weighted by atomic mass is 10.1. The van der Waals surface area contributed by atoms with Crippen LogP contribution in [0.1, 0.15) is 54.4 Å². The van der Waals surface area contributed by atoms with Crippen LogP contribution in [0.3, 0.4) is 0 Å². The van der Waals surface area contributed by atoms with E-state index in [0.717, 1.165) is 0 Å². The van der Waals surface area contributed by atoms with Gasteiger partial charge in [-0.3, -0.25) is 4.79 Å². The van der Waals surface area contributed by atoms with E-state index in [9.17, 15) is 9.59 Å². The van der Waals surface area contributed by atoms with Gasteiger partial charge in [0.2, 0.25) is 0 Å². The fourth-order valence-electron chi connectivity index (χ4n) is 1.85. The summed E-state index contributed by atoms with van der Waals surface area (Å²) < 4.78 is 15.8. The van der Waals surface area contributed by atoms with Gasteiger partial charge in [-0.05, 0) is 48.0 Å². The van der Waals surface area contributed by atoms with E-state index >= 15 is 0 Å². The number of carbonyl (C=O) groups is 2. The first-order valence-corrected chi connectivity index (χ1v) is 7.67. The zero-order valence-corrected chi connectivity index (χ0v) is 15.7. The Balaban J connectivity index is 5.12. The van der Waals surface area contributed by atoms with Crippen molar-refractivity contribution in [3.63, 3.8) is 0 Å². The van der Waals surface area contributed by atoms with Crippen LogP contribution in [-0.2, 0) is 19.0 Å². The Labute approximate surface area is 139 Å². The average Bonchev–Trinajstić information content (AvgIpc) is 2.34. The number of methoxy groups -OCH3 is 1.